The van der Waals surface area contributed by atoms with E-state index in [0.29, 0.717) is 0 Å². The molecule has 0 aliphatic heterocycles. The van der Waals surface area contributed by atoms with Crippen LogP contribution < -0.4 is 10.1 Å². The van der Waals surface area contributed by atoms with Crippen molar-refractivity contribution in [2.75, 3.05) is 7.11 Å². The third-order valence-electron chi connectivity index (χ3n) is 3.19. The highest BCUT2D eigenvalue weighted by Gasteiger charge is 2.06. The van der Waals surface area contributed by atoms with E-state index in [1.54, 1.807) is 7.11 Å². The molecule has 2 aromatic carbocycles. The van der Waals surface area contributed by atoms with Crippen molar-refractivity contribution in [1.29, 1.82) is 0 Å². The summed E-state index contributed by atoms with van der Waals surface area (Å²) in [6.07, 6.45) is 1.85. The molecule has 2 atom stereocenters. The molecular formula is C17H20NOP. The Morgan fingerprint density at radius 1 is 1.25 bits per heavy atom. The molecule has 0 radical (unpaired) electrons. The molecule has 0 saturated heterocycles. The van der Waals surface area contributed by atoms with Gasteiger partial charge in [-0.25, -0.2) is 0 Å². The largest absolute Gasteiger partial charge is 0.497 e. The summed E-state index contributed by atoms with van der Waals surface area (Å²) >= 11 is 0. The van der Waals surface area contributed by atoms with Gasteiger partial charge in [-0.15, -0.1) is 9.24 Å². The lowest BCUT2D eigenvalue weighted by Gasteiger charge is -2.15. The van der Waals surface area contributed by atoms with Crippen molar-refractivity contribution < 1.29 is 4.74 Å². The Kier molecular flexibility index (Phi) is 5.34. The van der Waals surface area contributed by atoms with Gasteiger partial charge in [-0.3, -0.25) is 0 Å². The van der Waals surface area contributed by atoms with Crippen LogP contribution in [0.2, 0.25) is 0 Å². The summed E-state index contributed by atoms with van der Waals surface area (Å²) in [7, 11) is 4.51. The van der Waals surface area contributed by atoms with Gasteiger partial charge in [-0.1, -0.05) is 49.1 Å². The minimum atomic E-state index is 0.198. The van der Waals surface area contributed by atoms with Crippen LogP contribution in [0.3, 0.4) is 0 Å². The predicted molar refractivity (Wildman–Crippen MR) is 88.8 cm³/mol. The second-order valence-corrected chi connectivity index (χ2v) is 5.25. The molecule has 0 aliphatic rings. The summed E-state index contributed by atoms with van der Waals surface area (Å²) < 4.78 is 5.25. The van der Waals surface area contributed by atoms with Crippen molar-refractivity contribution in [2.45, 2.75) is 12.3 Å². The topological polar surface area (TPSA) is 21.3 Å². The zero-order valence-corrected chi connectivity index (χ0v) is 12.8. The standard InChI is InChI=1S/C17H20NOP/c1-3-13-7-9-14(10-8-13)12-18-17(20)15-5-4-6-16(11-15)19-2/h3-11,17-18H,1,12,20H2,2H3. The highest BCUT2D eigenvalue weighted by atomic mass is 31.0. The minimum Gasteiger partial charge on any atom is -0.497 e. The number of ether oxygens (including phenoxy) is 1. The van der Waals surface area contributed by atoms with Crippen molar-refractivity contribution in [3.63, 3.8) is 0 Å². The smallest absolute Gasteiger partial charge is 0.119 e. The van der Waals surface area contributed by atoms with Crippen LogP contribution in [0.15, 0.2) is 55.1 Å². The highest BCUT2D eigenvalue weighted by Crippen LogP contribution is 2.24. The van der Waals surface area contributed by atoms with E-state index < -0.39 is 0 Å². The minimum absolute atomic E-state index is 0.198. The van der Waals surface area contributed by atoms with E-state index in [0.717, 1.165) is 17.9 Å². The van der Waals surface area contributed by atoms with Crippen LogP contribution >= 0.6 is 9.24 Å². The molecule has 2 nitrogen and oxygen atoms in total. The Balaban J connectivity index is 1.96. The molecule has 2 unspecified atom stereocenters. The number of benzene rings is 2. The SMILES string of the molecule is C=Cc1ccc(CNC(P)c2cccc(OC)c2)cc1. The molecule has 2 aromatic rings. The van der Waals surface area contributed by atoms with Gasteiger partial charge >= 0.3 is 0 Å². The molecular weight excluding hydrogens is 265 g/mol. The van der Waals surface area contributed by atoms with E-state index >= 15 is 0 Å². The van der Waals surface area contributed by atoms with Gasteiger partial charge in [0.05, 0.1) is 7.11 Å². The maximum absolute atomic E-state index is 5.25. The third kappa shape index (κ3) is 3.93. The second kappa shape index (κ2) is 7.23. The van der Waals surface area contributed by atoms with Crippen LogP contribution in [0.5, 0.6) is 5.75 Å². The van der Waals surface area contributed by atoms with Gasteiger partial charge in [0, 0.05) is 12.3 Å². The van der Waals surface area contributed by atoms with Crippen molar-refractivity contribution >= 4 is 15.3 Å². The van der Waals surface area contributed by atoms with Gasteiger partial charge in [-0.2, -0.15) is 0 Å². The van der Waals surface area contributed by atoms with E-state index in [1.807, 2.05) is 24.3 Å². The Hall–Kier alpha value is -1.63. The van der Waals surface area contributed by atoms with E-state index in [2.05, 4.69) is 51.5 Å². The molecule has 20 heavy (non-hydrogen) atoms. The fourth-order valence-corrected chi connectivity index (χ4v) is 2.28. The van der Waals surface area contributed by atoms with Crippen LogP contribution in [-0.2, 0) is 6.54 Å². The van der Waals surface area contributed by atoms with Crippen molar-refractivity contribution in [2.24, 2.45) is 0 Å². The summed E-state index contributed by atoms with van der Waals surface area (Å²) in [5.41, 5.74) is 3.59. The molecule has 0 saturated carbocycles. The number of nitrogens with one attached hydrogen (secondary N) is 1. The molecule has 0 spiro atoms. The van der Waals surface area contributed by atoms with Crippen molar-refractivity contribution in [1.82, 2.24) is 5.32 Å². The summed E-state index contributed by atoms with van der Waals surface area (Å²) in [6, 6.07) is 16.5. The molecule has 3 heteroatoms. The van der Waals surface area contributed by atoms with Crippen LogP contribution in [-0.4, -0.2) is 7.11 Å². The Morgan fingerprint density at radius 3 is 2.65 bits per heavy atom. The van der Waals surface area contributed by atoms with Gasteiger partial charge in [0.1, 0.15) is 5.75 Å². The quantitative estimate of drug-likeness (QED) is 0.810. The molecule has 0 amide bonds. The summed E-state index contributed by atoms with van der Waals surface area (Å²) in [5.74, 6) is 1.08. The van der Waals surface area contributed by atoms with Gasteiger partial charge in [-0.05, 0) is 28.8 Å². The monoisotopic (exact) mass is 285 g/mol. The molecule has 0 aromatic heterocycles. The molecule has 1 N–H and O–H groups in total. The fraction of sp³-hybridized carbons (Fsp3) is 0.176. The molecule has 0 heterocycles. The van der Waals surface area contributed by atoms with Gasteiger partial charge in [0.25, 0.3) is 0 Å². The Labute approximate surface area is 123 Å². The third-order valence-corrected chi connectivity index (χ3v) is 3.82. The van der Waals surface area contributed by atoms with Crippen molar-refractivity contribution in [3.05, 3.63) is 71.8 Å². The lowest BCUT2D eigenvalue weighted by Crippen LogP contribution is -2.15. The highest BCUT2D eigenvalue weighted by molar-refractivity contribution is 7.17. The number of rotatable bonds is 6. The predicted octanol–water partition coefficient (Wildman–Crippen LogP) is 4.00. The number of hydrogen-bond acceptors (Lipinski definition) is 2. The lowest BCUT2D eigenvalue weighted by molar-refractivity contribution is 0.414. The van der Waals surface area contributed by atoms with Gasteiger partial charge in [0.2, 0.25) is 0 Å². The summed E-state index contributed by atoms with van der Waals surface area (Å²) in [5, 5.41) is 3.49. The molecule has 0 aliphatic carbocycles. The first-order valence-electron chi connectivity index (χ1n) is 6.57. The average Bonchev–Trinajstić information content (AvgIpc) is 2.53. The first-order chi connectivity index (χ1) is 9.72. The normalized spacial score (nSPS) is 11.9. The van der Waals surface area contributed by atoms with Gasteiger partial charge in [0.15, 0.2) is 0 Å². The summed E-state index contributed by atoms with van der Waals surface area (Å²) in [6.45, 7) is 4.58. The fourth-order valence-electron chi connectivity index (χ4n) is 1.95. The number of methoxy groups -OCH3 is 1. The van der Waals surface area contributed by atoms with Crippen LogP contribution in [0.1, 0.15) is 22.5 Å². The van der Waals surface area contributed by atoms with Crippen LogP contribution in [0.4, 0.5) is 0 Å². The first-order valence-corrected chi connectivity index (χ1v) is 7.24. The van der Waals surface area contributed by atoms with Crippen molar-refractivity contribution in [3.8, 4) is 5.75 Å². The van der Waals surface area contributed by atoms with E-state index in [1.165, 1.54) is 11.1 Å². The summed E-state index contributed by atoms with van der Waals surface area (Å²) in [4.78, 5) is 0. The molecule has 0 fully saturated rings. The van der Waals surface area contributed by atoms with E-state index in [9.17, 15) is 0 Å². The second-order valence-electron chi connectivity index (χ2n) is 4.58. The van der Waals surface area contributed by atoms with Crippen LogP contribution in [0.25, 0.3) is 6.08 Å². The van der Waals surface area contributed by atoms with Crippen LogP contribution in [0, 0.1) is 0 Å². The lowest BCUT2D eigenvalue weighted by atomic mass is 10.1. The molecule has 2 rings (SSSR count). The van der Waals surface area contributed by atoms with E-state index in [-0.39, 0.29) is 5.78 Å². The zero-order valence-electron chi connectivity index (χ0n) is 11.7. The maximum Gasteiger partial charge on any atom is 0.119 e. The molecule has 0 bridgehead atoms. The Morgan fingerprint density at radius 2 is 2.00 bits per heavy atom. The molecule has 104 valence electrons. The average molecular weight is 285 g/mol. The van der Waals surface area contributed by atoms with Gasteiger partial charge < -0.3 is 10.1 Å². The van der Waals surface area contributed by atoms with E-state index in [4.69, 9.17) is 4.74 Å². The zero-order chi connectivity index (χ0) is 14.4. The maximum atomic E-state index is 5.25. The first kappa shape index (κ1) is 14.8. The number of hydrogen-bond donors (Lipinski definition) is 1. The Bertz CT molecular complexity index is 565.